The molecule has 2 aromatic rings. The number of rotatable bonds is 7. The van der Waals surface area contributed by atoms with E-state index in [1.165, 1.54) is 18.4 Å². The molecule has 1 saturated heterocycles. The van der Waals surface area contributed by atoms with Crippen LogP contribution in [0.4, 0.5) is 0 Å². The van der Waals surface area contributed by atoms with Gasteiger partial charge in [-0.05, 0) is 37.3 Å². The summed E-state index contributed by atoms with van der Waals surface area (Å²) in [4.78, 5) is 14.5. The molecule has 3 rings (SSSR count). The molecule has 1 amide bonds. The molecule has 1 aromatic heterocycles. The summed E-state index contributed by atoms with van der Waals surface area (Å²) in [6, 6.07) is 10.6. The molecular formula is C18H25N5O. The molecule has 24 heavy (non-hydrogen) atoms. The summed E-state index contributed by atoms with van der Waals surface area (Å²) >= 11 is 0. The van der Waals surface area contributed by atoms with E-state index in [4.69, 9.17) is 0 Å². The molecule has 0 unspecified atom stereocenters. The zero-order valence-corrected chi connectivity index (χ0v) is 14.0. The average molecular weight is 327 g/mol. The van der Waals surface area contributed by atoms with Crippen LogP contribution in [0.25, 0.3) is 0 Å². The van der Waals surface area contributed by atoms with E-state index in [0.717, 1.165) is 32.6 Å². The monoisotopic (exact) mass is 327 g/mol. The summed E-state index contributed by atoms with van der Waals surface area (Å²) in [6.07, 6.45) is 6.76. The molecule has 1 atom stereocenters. The summed E-state index contributed by atoms with van der Waals surface area (Å²) in [5.41, 5.74) is 1.39. The fourth-order valence-electron chi connectivity index (χ4n) is 3.23. The second-order valence-electron chi connectivity index (χ2n) is 6.45. The molecule has 6 heteroatoms. The zero-order valence-electron chi connectivity index (χ0n) is 14.0. The number of nitrogens with one attached hydrogen (secondary N) is 1. The molecule has 1 N–H and O–H groups in total. The van der Waals surface area contributed by atoms with Crippen LogP contribution in [0.1, 0.15) is 18.4 Å². The van der Waals surface area contributed by atoms with E-state index in [2.05, 4.69) is 50.9 Å². The number of benzene rings is 1. The first kappa shape index (κ1) is 16.6. The van der Waals surface area contributed by atoms with Gasteiger partial charge in [-0.1, -0.05) is 35.5 Å². The number of nitrogens with zero attached hydrogens (tertiary/aromatic N) is 4. The number of likely N-dealkylation sites (tertiary alicyclic amines) is 1. The van der Waals surface area contributed by atoms with E-state index in [9.17, 15) is 4.79 Å². The Morgan fingerprint density at radius 1 is 1.29 bits per heavy atom. The van der Waals surface area contributed by atoms with Gasteiger partial charge in [0.2, 0.25) is 5.91 Å². The highest BCUT2D eigenvalue weighted by Crippen LogP contribution is 2.16. The maximum Gasteiger partial charge on any atom is 0.241 e. The van der Waals surface area contributed by atoms with Crippen molar-refractivity contribution in [1.82, 2.24) is 25.2 Å². The highest BCUT2D eigenvalue weighted by Gasteiger charge is 2.20. The van der Waals surface area contributed by atoms with E-state index in [0.29, 0.717) is 5.92 Å². The van der Waals surface area contributed by atoms with Crippen molar-refractivity contribution >= 4 is 5.91 Å². The largest absolute Gasteiger partial charge is 0.354 e. The minimum Gasteiger partial charge on any atom is -0.354 e. The predicted molar refractivity (Wildman–Crippen MR) is 92.3 cm³/mol. The normalized spacial score (nSPS) is 18.4. The smallest absolute Gasteiger partial charge is 0.241 e. The maximum atomic E-state index is 11.9. The second kappa shape index (κ2) is 8.59. The maximum absolute atomic E-state index is 11.9. The summed E-state index contributed by atoms with van der Waals surface area (Å²) in [7, 11) is 0. The van der Waals surface area contributed by atoms with Gasteiger partial charge in [0.25, 0.3) is 0 Å². The van der Waals surface area contributed by atoms with Crippen molar-refractivity contribution < 1.29 is 4.79 Å². The Balaban J connectivity index is 1.38. The molecule has 1 fully saturated rings. The van der Waals surface area contributed by atoms with E-state index in [-0.39, 0.29) is 12.5 Å². The highest BCUT2D eigenvalue weighted by molar-refractivity contribution is 5.75. The van der Waals surface area contributed by atoms with Gasteiger partial charge in [0, 0.05) is 25.8 Å². The number of hydrogen-bond acceptors (Lipinski definition) is 4. The Labute approximate surface area is 142 Å². The molecule has 1 aliphatic heterocycles. The Kier molecular flexibility index (Phi) is 5.96. The molecule has 128 valence electrons. The van der Waals surface area contributed by atoms with Crippen molar-refractivity contribution in [3.05, 3.63) is 48.3 Å². The van der Waals surface area contributed by atoms with Crippen LogP contribution in [0.15, 0.2) is 42.7 Å². The van der Waals surface area contributed by atoms with Gasteiger partial charge < -0.3 is 10.2 Å². The fourth-order valence-corrected chi connectivity index (χ4v) is 3.23. The summed E-state index contributed by atoms with van der Waals surface area (Å²) < 4.78 is 1.54. The first-order valence-corrected chi connectivity index (χ1v) is 8.66. The molecule has 1 aromatic carbocycles. The van der Waals surface area contributed by atoms with Gasteiger partial charge in [-0.3, -0.25) is 4.79 Å². The standard InChI is InChI=1S/C18H25N5O/c24-18(15-23-12-9-20-21-23)19-13-17-7-4-10-22(14-17)11-8-16-5-2-1-3-6-16/h1-3,5-6,9,12,17H,4,7-8,10-11,13-15H2,(H,19,24)/t17-/m0/s1. The Bertz CT molecular complexity index is 614. The summed E-state index contributed by atoms with van der Waals surface area (Å²) in [6.45, 7) is 4.31. The molecule has 1 aliphatic rings. The molecule has 2 heterocycles. The van der Waals surface area contributed by atoms with E-state index < -0.39 is 0 Å². The van der Waals surface area contributed by atoms with Crippen LogP contribution in [0.5, 0.6) is 0 Å². The molecule has 0 bridgehead atoms. The third-order valence-electron chi connectivity index (χ3n) is 4.53. The molecule has 0 spiro atoms. The van der Waals surface area contributed by atoms with E-state index in [1.807, 2.05) is 0 Å². The number of carbonyl (C=O) groups excluding carboxylic acids is 1. The van der Waals surface area contributed by atoms with Crippen LogP contribution in [-0.4, -0.2) is 52.0 Å². The van der Waals surface area contributed by atoms with Crippen molar-refractivity contribution in [2.24, 2.45) is 5.92 Å². The first-order chi connectivity index (χ1) is 11.8. The van der Waals surface area contributed by atoms with Crippen LogP contribution < -0.4 is 5.32 Å². The molecule has 6 nitrogen and oxygen atoms in total. The Hall–Kier alpha value is -2.21. The minimum atomic E-state index is 0.00177. The highest BCUT2D eigenvalue weighted by atomic mass is 16.2. The number of hydrogen-bond donors (Lipinski definition) is 1. The van der Waals surface area contributed by atoms with Gasteiger partial charge >= 0.3 is 0 Å². The van der Waals surface area contributed by atoms with Gasteiger partial charge in [0.05, 0.1) is 6.20 Å². The number of amides is 1. The Morgan fingerprint density at radius 2 is 2.17 bits per heavy atom. The lowest BCUT2D eigenvalue weighted by Crippen LogP contribution is -2.42. The predicted octanol–water partition coefficient (Wildman–Crippen LogP) is 1.35. The fraction of sp³-hybridized carbons (Fsp3) is 0.500. The second-order valence-corrected chi connectivity index (χ2v) is 6.45. The quantitative estimate of drug-likeness (QED) is 0.834. The minimum absolute atomic E-state index is 0.00177. The number of carbonyl (C=O) groups is 1. The van der Waals surface area contributed by atoms with Crippen molar-refractivity contribution in [3.8, 4) is 0 Å². The van der Waals surface area contributed by atoms with Crippen LogP contribution in [0.3, 0.4) is 0 Å². The van der Waals surface area contributed by atoms with Crippen molar-refractivity contribution in [2.75, 3.05) is 26.2 Å². The lowest BCUT2D eigenvalue weighted by molar-refractivity contribution is -0.122. The van der Waals surface area contributed by atoms with Crippen LogP contribution in [0, 0.1) is 5.92 Å². The SMILES string of the molecule is O=C(Cn1ccnn1)NC[C@@H]1CCCN(CCc2ccccc2)C1. The van der Waals surface area contributed by atoms with Gasteiger partial charge in [0.1, 0.15) is 6.54 Å². The van der Waals surface area contributed by atoms with Crippen molar-refractivity contribution in [1.29, 1.82) is 0 Å². The third-order valence-corrected chi connectivity index (χ3v) is 4.53. The van der Waals surface area contributed by atoms with Gasteiger partial charge in [-0.25, -0.2) is 4.68 Å². The van der Waals surface area contributed by atoms with Crippen LogP contribution in [-0.2, 0) is 17.8 Å². The van der Waals surface area contributed by atoms with Crippen molar-refractivity contribution in [2.45, 2.75) is 25.8 Å². The van der Waals surface area contributed by atoms with Crippen LogP contribution in [0.2, 0.25) is 0 Å². The van der Waals surface area contributed by atoms with E-state index >= 15 is 0 Å². The zero-order chi connectivity index (χ0) is 16.6. The van der Waals surface area contributed by atoms with Crippen LogP contribution >= 0.6 is 0 Å². The van der Waals surface area contributed by atoms with E-state index in [1.54, 1.807) is 17.1 Å². The molecule has 0 saturated carbocycles. The number of aromatic nitrogens is 3. The molecule has 0 aliphatic carbocycles. The average Bonchev–Trinajstić information content (AvgIpc) is 3.12. The topological polar surface area (TPSA) is 63.1 Å². The lowest BCUT2D eigenvalue weighted by atomic mass is 9.97. The number of piperidine rings is 1. The molecular weight excluding hydrogens is 302 g/mol. The lowest BCUT2D eigenvalue weighted by Gasteiger charge is -2.32. The third kappa shape index (κ3) is 5.16. The van der Waals surface area contributed by atoms with Gasteiger partial charge in [-0.15, -0.1) is 5.10 Å². The van der Waals surface area contributed by atoms with Gasteiger partial charge in [0.15, 0.2) is 0 Å². The Morgan fingerprint density at radius 3 is 2.96 bits per heavy atom. The molecule has 0 radical (unpaired) electrons. The van der Waals surface area contributed by atoms with Crippen molar-refractivity contribution in [3.63, 3.8) is 0 Å². The van der Waals surface area contributed by atoms with Gasteiger partial charge in [-0.2, -0.15) is 0 Å². The summed E-state index contributed by atoms with van der Waals surface area (Å²) in [5, 5.41) is 10.6. The summed E-state index contributed by atoms with van der Waals surface area (Å²) in [5.74, 6) is 0.538. The first-order valence-electron chi connectivity index (χ1n) is 8.66.